The van der Waals surface area contributed by atoms with Gasteiger partial charge >= 0.3 is 6.18 Å². The Morgan fingerprint density at radius 2 is 1.61 bits per heavy atom. The smallest absolute Gasteiger partial charge is 0.321 e. The normalized spacial score (nSPS) is 11.8. The van der Waals surface area contributed by atoms with Crippen LogP contribution in [-0.4, -0.2) is 20.6 Å². The Morgan fingerprint density at radius 3 is 2.18 bits per heavy atom. The summed E-state index contributed by atoms with van der Waals surface area (Å²) in [6.45, 7) is -0.0313. The van der Waals surface area contributed by atoms with Gasteiger partial charge in [0.2, 0.25) is 10.0 Å². The first-order valence-electron chi connectivity index (χ1n) is 9.35. The molecule has 0 bridgehead atoms. The third-order valence-corrected chi connectivity index (χ3v) is 6.18. The van der Waals surface area contributed by atoms with Crippen LogP contribution in [0.3, 0.4) is 0 Å². The Morgan fingerprint density at radius 1 is 0.970 bits per heavy atom. The molecule has 3 rings (SSSR count). The summed E-state index contributed by atoms with van der Waals surface area (Å²) in [6, 6.07) is 15.2. The van der Waals surface area contributed by atoms with Crippen molar-refractivity contribution in [2.75, 3.05) is 15.9 Å². The number of hydrogen-bond acceptors (Lipinski definition) is 3. The van der Waals surface area contributed by atoms with E-state index in [1.165, 1.54) is 36.4 Å². The average molecular weight is 517 g/mol. The first-order chi connectivity index (χ1) is 15.3. The number of carbonyl (C=O) groups is 1. The van der Waals surface area contributed by atoms with E-state index in [2.05, 4.69) is 5.32 Å². The minimum absolute atomic E-state index is 0.0313. The van der Waals surface area contributed by atoms with Crippen LogP contribution in [0.15, 0.2) is 66.7 Å². The third kappa shape index (κ3) is 6.40. The van der Waals surface area contributed by atoms with Gasteiger partial charge in [-0.2, -0.15) is 13.2 Å². The van der Waals surface area contributed by atoms with Crippen LogP contribution in [0.4, 0.5) is 24.5 Å². The zero-order chi connectivity index (χ0) is 24.4. The number of halogens is 5. The summed E-state index contributed by atoms with van der Waals surface area (Å²) in [4.78, 5) is 12.5. The number of benzene rings is 3. The number of hydrogen-bond donors (Lipinski definition) is 1. The van der Waals surface area contributed by atoms with Crippen molar-refractivity contribution < 1.29 is 26.4 Å². The Balaban J connectivity index is 1.81. The monoisotopic (exact) mass is 516 g/mol. The highest BCUT2D eigenvalue weighted by atomic mass is 35.5. The maximum absolute atomic E-state index is 13.2. The van der Waals surface area contributed by atoms with Gasteiger partial charge in [-0.1, -0.05) is 41.4 Å². The molecule has 0 aliphatic rings. The second kappa shape index (κ2) is 9.62. The summed E-state index contributed by atoms with van der Waals surface area (Å²) in [5.41, 5.74) is -0.473. The lowest BCUT2D eigenvalue weighted by Gasteiger charge is -2.23. The van der Waals surface area contributed by atoms with Crippen LogP contribution in [0.1, 0.15) is 21.5 Å². The molecule has 5 nitrogen and oxygen atoms in total. The standard InChI is InChI=1S/C22H17Cl2F3N2O3S/c1-33(31,32)29(18-4-2-3-16(23)11-18)13-14-5-7-15(8-6-14)21(30)28-20-10-9-17(24)12-19(20)22(25,26)27/h2-12H,13H2,1H3,(H,28,30). The predicted molar refractivity (Wildman–Crippen MR) is 123 cm³/mol. The molecule has 0 fully saturated rings. The maximum Gasteiger partial charge on any atom is 0.418 e. The zero-order valence-electron chi connectivity index (χ0n) is 17.0. The van der Waals surface area contributed by atoms with Crippen LogP contribution in [-0.2, 0) is 22.7 Å². The number of alkyl halides is 3. The zero-order valence-corrected chi connectivity index (χ0v) is 19.4. The van der Waals surface area contributed by atoms with E-state index in [1.807, 2.05) is 0 Å². The summed E-state index contributed by atoms with van der Waals surface area (Å²) < 4.78 is 65.4. The van der Waals surface area contributed by atoms with Crippen molar-refractivity contribution in [2.24, 2.45) is 0 Å². The van der Waals surface area contributed by atoms with Crippen molar-refractivity contribution >= 4 is 50.5 Å². The molecule has 0 spiro atoms. The van der Waals surface area contributed by atoms with Crippen LogP contribution in [0, 0.1) is 0 Å². The molecule has 0 saturated heterocycles. The molecule has 33 heavy (non-hydrogen) atoms. The number of carbonyl (C=O) groups excluding carboxylic acids is 1. The molecule has 1 amide bonds. The number of rotatable bonds is 6. The fraction of sp³-hybridized carbons (Fsp3) is 0.136. The van der Waals surface area contributed by atoms with Gasteiger partial charge in [-0.15, -0.1) is 0 Å². The van der Waals surface area contributed by atoms with Crippen molar-refractivity contribution in [1.82, 2.24) is 0 Å². The van der Waals surface area contributed by atoms with Gasteiger partial charge in [-0.3, -0.25) is 9.10 Å². The Hall–Kier alpha value is -2.75. The number of anilines is 2. The van der Waals surface area contributed by atoms with Crippen molar-refractivity contribution in [1.29, 1.82) is 0 Å². The third-order valence-electron chi connectivity index (χ3n) is 4.57. The van der Waals surface area contributed by atoms with E-state index in [-0.39, 0.29) is 17.1 Å². The highest BCUT2D eigenvalue weighted by Crippen LogP contribution is 2.36. The summed E-state index contributed by atoms with van der Waals surface area (Å²) >= 11 is 11.6. The predicted octanol–water partition coefficient (Wildman–Crippen LogP) is 6.23. The van der Waals surface area contributed by atoms with Gasteiger partial charge in [-0.05, 0) is 54.1 Å². The van der Waals surface area contributed by atoms with Crippen molar-refractivity contribution in [3.8, 4) is 0 Å². The van der Waals surface area contributed by atoms with Gasteiger partial charge in [0.05, 0.1) is 29.7 Å². The van der Waals surface area contributed by atoms with Crippen LogP contribution in [0.2, 0.25) is 10.0 Å². The minimum Gasteiger partial charge on any atom is -0.321 e. The molecule has 0 heterocycles. The maximum atomic E-state index is 13.2. The van der Waals surface area contributed by atoms with Crippen LogP contribution in [0.25, 0.3) is 0 Å². The van der Waals surface area contributed by atoms with E-state index in [1.54, 1.807) is 18.2 Å². The number of sulfonamides is 1. The fourth-order valence-corrected chi connectivity index (χ4v) is 4.25. The molecular formula is C22H17Cl2F3N2O3S. The van der Waals surface area contributed by atoms with Crippen LogP contribution < -0.4 is 9.62 Å². The molecule has 0 aromatic heterocycles. The SMILES string of the molecule is CS(=O)(=O)N(Cc1ccc(C(=O)Nc2ccc(Cl)cc2C(F)(F)F)cc1)c1cccc(Cl)c1. The van der Waals surface area contributed by atoms with E-state index in [0.29, 0.717) is 16.3 Å². The second-order valence-corrected chi connectivity index (χ2v) is 9.87. The van der Waals surface area contributed by atoms with Crippen LogP contribution in [0.5, 0.6) is 0 Å². The number of amides is 1. The van der Waals surface area contributed by atoms with Crippen molar-refractivity contribution in [3.63, 3.8) is 0 Å². The second-order valence-electron chi connectivity index (χ2n) is 7.09. The Kier molecular flexibility index (Phi) is 7.26. The molecule has 11 heteroatoms. The topological polar surface area (TPSA) is 66.5 Å². The molecule has 0 radical (unpaired) electrons. The largest absolute Gasteiger partial charge is 0.418 e. The summed E-state index contributed by atoms with van der Waals surface area (Å²) in [6.07, 6.45) is -3.65. The van der Waals surface area contributed by atoms with Crippen LogP contribution >= 0.6 is 23.2 Å². The Bertz CT molecular complexity index is 1280. The molecule has 1 N–H and O–H groups in total. The molecule has 0 aliphatic carbocycles. The molecule has 174 valence electrons. The molecule has 3 aromatic carbocycles. The van der Waals surface area contributed by atoms with E-state index < -0.39 is 33.4 Å². The van der Waals surface area contributed by atoms with Gasteiger partial charge in [-0.25, -0.2) is 8.42 Å². The van der Waals surface area contributed by atoms with Crippen molar-refractivity contribution in [2.45, 2.75) is 12.7 Å². The van der Waals surface area contributed by atoms with Gasteiger partial charge in [0.25, 0.3) is 5.91 Å². The molecule has 0 atom stereocenters. The summed E-state index contributed by atoms with van der Waals surface area (Å²) in [5.74, 6) is -0.760. The summed E-state index contributed by atoms with van der Waals surface area (Å²) in [5, 5.41) is 2.50. The lowest BCUT2D eigenvalue weighted by atomic mass is 10.1. The van der Waals surface area contributed by atoms with E-state index in [9.17, 15) is 26.4 Å². The number of nitrogens with one attached hydrogen (secondary N) is 1. The highest BCUT2D eigenvalue weighted by Gasteiger charge is 2.34. The highest BCUT2D eigenvalue weighted by molar-refractivity contribution is 7.92. The lowest BCUT2D eigenvalue weighted by molar-refractivity contribution is -0.136. The molecule has 0 unspecified atom stereocenters. The summed E-state index contributed by atoms with van der Waals surface area (Å²) in [7, 11) is -3.64. The van der Waals surface area contributed by atoms with E-state index >= 15 is 0 Å². The fourth-order valence-electron chi connectivity index (χ4n) is 3.01. The van der Waals surface area contributed by atoms with Gasteiger partial charge in [0.15, 0.2) is 0 Å². The first kappa shape index (κ1) is 24.9. The molecular weight excluding hydrogens is 500 g/mol. The van der Waals surface area contributed by atoms with E-state index in [0.717, 1.165) is 22.7 Å². The molecule has 0 saturated carbocycles. The lowest BCUT2D eigenvalue weighted by Crippen LogP contribution is -2.29. The minimum atomic E-state index is -4.70. The van der Waals surface area contributed by atoms with Gasteiger partial charge in [0, 0.05) is 15.6 Å². The van der Waals surface area contributed by atoms with Crippen molar-refractivity contribution in [3.05, 3.63) is 93.5 Å². The quantitative estimate of drug-likeness (QED) is 0.422. The van der Waals surface area contributed by atoms with Gasteiger partial charge < -0.3 is 5.32 Å². The number of nitrogens with zero attached hydrogens (tertiary/aromatic N) is 1. The van der Waals surface area contributed by atoms with Gasteiger partial charge in [0.1, 0.15) is 0 Å². The average Bonchev–Trinajstić information content (AvgIpc) is 2.72. The first-order valence-corrected chi connectivity index (χ1v) is 12.0. The molecule has 3 aromatic rings. The van der Waals surface area contributed by atoms with E-state index in [4.69, 9.17) is 23.2 Å². The molecule has 0 aliphatic heterocycles. The Labute approximate surface area is 198 Å².